The summed E-state index contributed by atoms with van der Waals surface area (Å²) in [5.41, 5.74) is -0.563. The minimum atomic E-state index is -1.06. The molecule has 2 N–H and O–H groups in total. The number of amides is 1. The molecule has 1 saturated carbocycles. The predicted molar refractivity (Wildman–Crippen MR) is 83.1 cm³/mol. The van der Waals surface area contributed by atoms with Crippen molar-refractivity contribution in [3.8, 4) is 0 Å². The number of carbonyl (C=O) groups excluding carboxylic acids is 2. The molecule has 7 nitrogen and oxygen atoms in total. The molecule has 0 aromatic heterocycles. The number of rotatable bonds is 6. The summed E-state index contributed by atoms with van der Waals surface area (Å²) in [7, 11) is 1.34. The highest BCUT2D eigenvalue weighted by Gasteiger charge is 2.39. The van der Waals surface area contributed by atoms with Crippen LogP contribution in [0.5, 0.6) is 0 Å². The molecule has 0 bridgehead atoms. The number of carboxylic acids is 1. The first-order valence-corrected chi connectivity index (χ1v) is 7.85. The number of alkyl carbamates (subject to hydrolysis) is 1. The fraction of sp³-hybridized carbons (Fsp3) is 0.812. The zero-order chi connectivity index (χ0) is 17.6. The third kappa shape index (κ3) is 6.17. The average molecular weight is 329 g/mol. The number of aldehydes is 1. The quantitative estimate of drug-likeness (QED) is 0.721. The van der Waals surface area contributed by atoms with Gasteiger partial charge in [0.25, 0.3) is 0 Å². The molecule has 1 aliphatic rings. The zero-order valence-electron chi connectivity index (χ0n) is 14.2. The first-order valence-electron chi connectivity index (χ1n) is 7.85. The molecular formula is C16H27NO6. The molecule has 132 valence electrons. The molecular weight excluding hydrogens is 302 g/mol. The number of hydrogen-bond donors (Lipinski definition) is 2. The van der Waals surface area contributed by atoms with Gasteiger partial charge in [0.05, 0.1) is 0 Å². The third-order valence-electron chi connectivity index (χ3n) is 4.06. The largest absolute Gasteiger partial charge is 0.479 e. The second kappa shape index (κ2) is 8.29. The van der Waals surface area contributed by atoms with Crippen LogP contribution in [-0.4, -0.2) is 48.8 Å². The molecule has 0 aromatic rings. The minimum absolute atomic E-state index is 0.0979. The summed E-state index contributed by atoms with van der Waals surface area (Å²) in [6.45, 7) is 5.75. The maximum Gasteiger partial charge on any atom is 0.407 e. The van der Waals surface area contributed by atoms with E-state index in [1.54, 1.807) is 20.8 Å². The summed E-state index contributed by atoms with van der Waals surface area (Å²) in [4.78, 5) is 34.2. The highest BCUT2D eigenvalue weighted by atomic mass is 16.6. The van der Waals surface area contributed by atoms with E-state index in [2.05, 4.69) is 5.32 Å². The molecule has 0 radical (unpaired) electrons. The van der Waals surface area contributed by atoms with Crippen LogP contribution >= 0.6 is 0 Å². The third-order valence-corrected chi connectivity index (χ3v) is 4.06. The highest BCUT2D eigenvalue weighted by Crippen LogP contribution is 2.35. The lowest BCUT2D eigenvalue weighted by Crippen LogP contribution is -2.43. The first kappa shape index (κ1) is 19.4. The van der Waals surface area contributed by atoms with Crippen molar-refractivity contribution in [1.82, 2.24) is 5.32 Å². The number of aliphatic carboxylic acids is 1. The van der Waals surface area contributed by atoms with E-state index in [1.807, 2.05) is 0 Å². The fourth-order valence-electron chi connectivity index (χ4n) is 3.02. The van der Waals surface area contributed by atoms with Gasteiger partial charge in [-0.15, -0.1) is 0 Å². The maximum absolute atomic E-state index is 11.7. The van der Waals surface area contributed by atoms with E-state index in [0.29, 0.717) is 19.4 Å². The molecule has 0 spiro atoms. The van der Waals surface area contributed by atoms with E-state index in [9.17, 15) is 19.5 Å². The summed E-state index contributed by atoms with van der Waals surface area (Å²) in [5, 5.41) is 12.0. The van der Waals surface area contributed by atoms with Crippen molar-refractivity contribution in [3.05, 3.63) is 0 Å². The number of carboxylic acid groups (broad SMARTS) is 1. The summed E-state index contributed by atoms with van der Waals surface area (Å²) in [6, 6.07) is 0. The second-order valence-corrected chi connectivity index (χ2v) is 7.02. The Labute approximate surface area is 136 Å². The summed E-state index contributed by atoms with van der Waals surface area (Å²) in [5.74, 6) is -1.67. The smallest absolute Gasteiger partial charge is 0.407 e. The molecule has 1 aliphatic carbocycles. The van der Waals surface area contributed by atoms with Crippen molar-refractivity contribution in [2.75, 3.05) is 13.7 Å². The van der Waals surface area contributed by atoms with Crippen molar-refractivity contribution < 1.29 is 29.0 Å². The lowest BCUT2D eigenvalue weighted by molar-refractivity contribution is -0.155. The molecule has 0 heterocycles. The minimum Gasteiger partial charge on any atom is -0.479 e. The number of hydrogen-bond acceptors (Lipinski definition) is 5. The highest BCUT2D eigenvalue weighted by molar-refractivity contribution is 5.73. The molecule has 2 unspecified atom stereocenters. The Bertz CT molecular complexity index is 431. The summed E-state index contributed by atoms with van der Waals surface area (Å²) in [6.07, 6.45) is 1.19. The van der Waals surface area contributed by atoms with Gasteiger partial charge in [-0.05, 0) is 46.0 Å². The van der Waals surface area contributed by atoms with Gasteiger partial charge in [-0.2, -0.15) is 0 Å². The lowest BCUT2D eigenvalue weighted by atomic mass is 9.72. The van der Waals surface area contributed by atoms with Crippen molar-refractivity contribution in [3.63, 3.8) is 0 Å². The second-order valence-electron chi connectivity index (χ2n) is 7.02. The van der Waals surface area contributed by atoms with Gasteiger partial charge < -0.3 is 24.7 Å². The van der Waals surface area contributed by atoms with Crippen LogP contribution in [0.15, 0.2) is 0 Å². The molecule has 1 amide bonds. The van der Waals surface area contributed by atoms with Gasteiger partial charge >= 0.3 is 12.1 Å². The fourth-order valence-corrected chi connectivity index (χ4v) is 3.02. The van der Waals surface area contributed by atoms with Crippen LogP contribution in [0.2, 0.25) is 0 Å². The van der Waals surface area contributed by atoms with Gasteiger partial charge in [0.1, 0.15) is 11.9 Å². The Morgan fingerprint density at radius 3 is 2.48 bits per heavy atom. The van der Waals surface area contributed by atoms with Crippen LogP contribution in [0.1, 0.15) is 40.0 Å². The molecule has 23 heavy (non-hydrogen) atoms. The normalized spacial score (nSPS) is 26.2. The number of nitrogens with one attached hydrogen (secondary N) is 1. The monoisotopic (exact) mass is 329 g/mol. The predicted octanol–water partition coefficient (Wildman–Crippen LogP) is 1.84. The van der Waals surface area contributed by atoms with E-state index in [1.165, 1.54) is 7.11 Å². The Kier molecular flexibility index (Phi) is 7.00. The van der Waals surface area contributed by atoms with Crippen molar-refractivity contribution in [2.45, 2.75) is 51.7 Å². The summed E-state index contributed by atoms with van der Waals surface area (Å²) < 4.78 is 10.2. The van der Waals surface area contributed by atoms with E-state index in [4.69, 9.17) is 9.47 Å². The topological polar surface area (TPSA) is 102 Å². The average Bonchev–Trinajstić information content (AvgIpc) is 2.44. The van der Waals surface area contributed by atoms with Gasteiger partial charge in [-0.3, -0.25) is 0 Å². The van der Waals surface area contributed by atoms with Crippen LogP contribution < -0.4 is 5.32 Å². The Balaban J connectivity index is 2.61. The molecule has 1 rings (SSSR count). The molecule has 4 atom stereocenters. The molecule has 7 heteroatoms. The van der Waals surface area contributed by atoms with E-state index in [0.717, 1.165) is 12.7 Å². The molecule has 0 aromatic carbocycles. The van der Waals surface area contributed by atoms with E-state index in [-0.39, 0.29) is 17.8 Å². The van der Waals surface area contributed by atoms with Crippen molar-refractivity contribution in [2.24, 2.45) is 17.8 Å². The Morgan fingerprint density at radius 1 is 1.35 bits per heavy atom. The molecule has 1 fully saturated rings. The van der Waals surface area contributed by atoms with Gasteiger partial charge in [0.15, 0.2) is 6.10 Å². The number of methoxy groups -OCH3 is 1. The van der Waals surface area contributed by atoms with Gasteiger partial charge in [0.2, 0.25) is 0 Å². The first-order chi connectivity index (χ1) is 10.7. The van der Waals surface area contributed by atoms with Crippen LogP contribution in [0.25, 0.3) is 0 Å². The van der Waals surface area contributed by atoms with Gasteiger partial charge in [-0.25, -0.2) is 9.59 Å². The Hall–Kier alpha value is -1.63. The van der Waals surface area contributed by atoms with Crippen LogP contribution in [0, 0.1) is 17.8 Å². The standard InChI is InChI=1S/C16H27NO6/c1-16(2,3)23-15(21)17-8-10-5-6-11(9-18)12(7-10)13(22-4)14(19)20/h9-13H,5-8H2,1-4H3,(H,17,21)(H,19,20)/t10-,11+,12?,13?/m1/s1. The van der Waals surface area contributed by atoms with Crippen LogP contribution in [0.4, 0.5) is 4.79 Å². The SMILES string of the molecule is COC(C(=O)O)C1C[C@H](CNC(=O)OC(C)(C)C)CC[C@H]1C=O. The van der Waals surface area contributed by atoms with Gasteiger partial charge in [-0.1, -0.05) is 0 Å². The van der Waals surface area contributed by atoms with Gasteiger partial charge in [0, 0.05) is 25.5 Å². The summed E-state index contributed by atoms with van der Waals surface area (Å²) >= 11 is 0. The lowest BCUT2D eigenvalue weighted by Gasteiger charge is -2.36. The Morgan fingerprint density at radius 2 is 2.00 bits per heavy atom. The van der Waals surface area contributed by atoms with Crippen molar-refractivity contribution >= 4 is 18.3 Å². The number of carbonyl (C=O) groups is 3. The van der Waals surface area contributed by atoms with Crippen LogP contribution in [0.3, 0.4) is 0 Å². The maximum atomic E-state index is 11.7. The van der Waals surface area contributed by atoms with E-state index < -0.39 is 23.8 Å². The molecule has 0 saturated heterocycles. The van der Waals surface area contributed by atoms with E-state index >= 15 is 0 Å². The van der Waals surface area contributed by atoms with Crippen LogP contribution in [-0.2, 0) is 19.1 Å². The van der Waals surface area contributed by atoms with Crippen molar-refractivity contribution in [1.29, 1.82) is 0 Å². The molecule has 0 aliphatic heterocycles. The zero-order valence-corrected chi connectivity index (χ0v) is 14.2. The number of ether oxygens (including phenoxy) is 2.